The van der Waals surface area contributed by atoms with Crippen molar-refractivity contribution in [2.45, 2.75) is 291 Å². The van der Waals surface area contributed by atoms with Gasteiger partial charge < -0.3 is 73.5 Å². The summed E-state index contributed by atoms with van der Waals surface area (Å²) < 4.78 is 36.7. The van der Waals surface area contributed by atoms with Crippen LogP contribution in [0.15, 0.2) is 54.6 Å². The van der Waals surface area contributed by atoms with Gasteiger partial charge in [-0.15, -0.1) is 0 Å². The molecule has 3 aliphatic carbocycles. The minimum Gasteiger partial charge on any atom is -0.540 e. The first-order valence-electron chi connectivity index (χ1n) is 42.9. The molecule has 18 atom stereocenters. The zero-order chi connectivity index (χ0) is 86.0. The number of halogens is 3. The van der Waals surface area contributed by atoms with Crippen LogP contribution >= 0.6 is 34.8 Å². The van der Waals surface area contributed by atoms with Crippen molar-refractivity contribution in [3.05, 3.63) is 86.7 Å². The fourth-order valence-electron chi connectivity index (χ4n) is 18.0. The quantitative estimate of drug-likeness (QED) is 0.109. The molecule has 33 heteroatoms. The van der Waals surface area contributed by atoms with E-state index in [2.05, 4.69) is 22.2 Å². The number of amides is 6. The summed E-state index contributed by atoms with van der Waals surface area (Å²) in [5.74, 6) is -0.00353. The zero-order valence-corrected chi connectivity index (χ0v) is 78.9. The zero-order valence-electron chi connectivity index (χ0n) is 72.4. The maximum Gasteiger partial charge on any atom is 0.408 e. The summed E-state index contributed by atoms with van der Waals surface area (Å²) in [6.07, 6.45) is 20.8. The van der Waals surface area contributed by atoms with Crippen molar-refractivity contribution in [1.29, 1.82) is 0 Å². The van der Waals surface area contributed by atoms with Crippen molar-refractivity contribution in [2.75, 3.05) is 19.6 Å². The Hall–Kier alpha value is -7.07. The Morgan fingerprint density at radius 1 is 0.398 bits per heavy atom. The van der Waals surface area contributed by atoms with Crippen molar-refractivity contribution in [3.63, 3.8) is 0 Å². The normalized spacial score (nSPS) is 29.9. The van der Waals surface area contributed by atoms with E-state index in [4.69, 9.17) is 93.1 Å². The number of benzene rings is 3. The number of hydrogen-bond donors (Lipinski definition) is 3. The molecule has 6 amide bonds. The molecule has 3 saturated carbocycles. The number of rotatable bonds is 3. The molecular weight excluding hydrogens is 1750 g/mol. The van der Waals surface area contributed by atoms with Crippen LogP contribution in [-0.2, 0) is 118 Å². The predicted molar refractivity (Wildman–Crippen MR) is 453 cm³/mol. The third kappa shape index (κ3) is 23.5. The first kappa shape index (κ1) is 98.1. The minimum atomic E-state index is -0.903. The van der Waals surface area contributed by atoms with Crippen LogP contribution in [0, 0.1) is 51.8 Å². The van der Waals surface area contributed by atoms with E-state index in [1.54, 1.807) is 36.4 Å². The molecule has 9 aliphatic rings. The summed E-state index contributed by atoms with van der Waals surface area (Å²) in [7, 11) is 0. The molecule has 3 aromatic heterocycles. The van der Waals surface area contributed by atoms with E-state index < -0.39 is 94.7 Å². The number of fused-ring (bicyclic) bond motifs is 15. The number of nitrogens with zero attached hydrogens (tertiary/aromatic N) is 9. The van der Waals surface area contributed by atoms with Crippen LogP contribution in [0.3, 0.4) is 0 Å². The Labute approximate surface area is 771 Å². The van der Waals surface area contributed by atoms with Crippen molar-refractivity contribution in [3.8, 4) is 17.6 Å². The maximum atomic E-state index is 14.0. The van der Waals surface area contributed by atoms with Gasteiger partial charge in [-0.3, -0.25) is 14.4 Å². The molecule has 6 fully saturated rings. The second-order valence-electron chi connectivity index (χ2n) is 37.8. The molecule has 6 bridgehead atoms. The number of carbonyl (C=O) groups is 6. The molecule has 3 saturated heterocycles. The molecule has 0 spiro atoms. The third-order valence-corrected chi connectivity index (χ3v) is 26.3. The molecule has 3 radical (unpaired) electrons. The molecule has 3 aromatic carbocycles. The number of alkyl carbamates (subject to hydrolysis) is 3. The van der Waals surface area contributed by atoms with Gasteiger partial charge in [0, 0.05) is 76.7 Å². The topological polar surface area (TPSA) is 332 Å². The summed E-state index contributed by atoms with van der Waals surface area (Å²) in [5.41, 5.74) is 3.93. The Kier molecular flexibility index (Phi) is 33.0. The molecule has 6 aromatic rings. The van der Waals surface area contributed by atoms with E-state index in [-0.39, 0.29) is 123 Å². The van der Waals surface area contributed by atoms with E-state index in [9.17, 15) is 43.2 Å². The maximum absolute atomic E-state index is 14.0. The average Bonchev–Trinajstić information content (AvgIpc) is 1.71. The van der Waals surface area contributed by atoms with Gasteiger partial charge in [0.1, 0.15) is 71.3 Å². The molecule has 3 N–H and O–H groups in total. The molecule has 6 aliphatic heterocycles. The van der Waals surface area contributed by atoms with Gasteiger partial charge >= 0.3 is 18.3 Å². The Bertz CT molecular complexity index is 4830. The first-order chi connectivity index (χ1) is 57.0. The fourth-order valence-corrected chi connectivity index (χ4v) is 18.5. The van der Waals surface area contributed by atoms with Gasteiger partial charge in [-0.1, -0.05) is 175 Å². The summed E-state index contributed by atoms with van der Waals surface area (Å²) in [6.45, 7) is 24.9. The van der Waals surface area contributed by atoms with Crippen LogP contribution in [0.2, 0.25) is 15.1 Å². The fraction of sp³-hybridized carbons (Fsp3) is 0.633. The van der Waals surface area contributed by atoms with Gasteiger partial charge in [-0.2, -0.15) is 0 Å². The van der Waals surface area contributed by atoms with Crippen molar-refractivity contribution in [1.82, 2.24) is 60.6 Å². The number of aromatic nitrogens is 6. The number of nitrogens with one attached hydrogen (secondary N) is 3. The van der Waals surface area contributed by atoms with Gasteiger partial charge in [0.2, 0.25) is 35.4 Å². The summed E-state index contributed by atoms with van der Waals surface area (Å²) >= 11 is 18.7. The standard InChI is InChI=1S/C31H40ClN4O5.C30H38ClN4O5.C29H36ClN4O5.3V/c1-18-24(17-37)36-16-26(18)40-28-22(33-21-14-13-20(32)15-23(21)34-28)11-7-5-6-9-19-10-8-12-25(19)41-30(39)35-27(29(36)38)31(2,3)4;1-17-23(16-36)35-15-24(17)39-26-21(32-20-12-11-19(31)13-22(20)33-26)10-8-6-7-9-18-14-30(18,5)40-28(38)34-25(27(35)37)29(2,3)4;1-16-22(15-35)34-14-24(16)38-26-20(31-19-11-10-18(30)13-21(19)32-26)9-7-5-6-8-17-12-23(17)39-28(37)33-25(27(34)36)29(2,3)4;;;/h13-15,18-19,24-27H,5-12,16H2,1-4H3,(H,35,39);11-13,17-18,23-25H,6-10,14-15H2,1-5H3,(H,34,38);10-11,13,16-17,22-25H,5-9,12,14H2,1-4H3,(H,33,37);;;/q3*-1;;;/t18-,19+,24+,25+,26-,27+;17-,18+,23+,24-,25+,30+;16-,17+,22+,23+,24-,25+;;;/m000.../s1. The van der Waals surface area contributed by atoms with E-state index >= 15 is 0 Å². The minimum absolute atomic E-state index is 0. The van der Waals surface area contributed by atoms with Crippen LogP contribution in [0.1, 0.15) is 216 Å². The molecule has 9 heterocycles. The Morgan fingerprint density at radius 3 is 1.09 bits per heavy atom. The second-order valence-corrected chi connectivity index (χ2v) is 39.1. The molecule has 27 nitrogen and oxygen atoms in total. The molecule has 663 valence electrons. The van der Waals surface area contributed by atoms with Gasteiger partial charge in [-0.25, -0.2) is 63.1 Å². The van der Waals surface area contributed by atoms with Crippen molar-refractivity contribution >= 4 is 123 Å². The number of hydrogen-bond acceptors (Lipinski definition) is 21. The summed E-state index contributed by atoms with van der Waals surface area (Å²) in [6, 6.07) is 11.0. The van der Waals surface area contributed by atoms with Gasteiger partial charge in [0.25, 0.3) is 0 Å². The van der Waals surface area contributed by atoms with Crippen LogP contribution < -0.4 is 30.2 Å². The first-order valence-corrected chi connectivity index (χ1v) is 44.0. The van der Waals surface area contributed by atoms with E-state index in [1.165, 1.54) is 14.7 Å². The van der Waals surface area contributed by atoms with E-state index in [1.807, 2.05) is 121 Å². The van der Waals surface area contributed by atoms with Crippen molar-refractivity contribution < 1.29 is 127 Å². The summed E-state index contributed by atoms with van der Waals surface area (Å²) in [5, 5.41) is 10.1. The Morgan fingerprint density at radius 2 is 0.732 bits per heavy atom. The van der Waals surface area contributed by atoms with E-state index in [0.29, 0.717) is 86.3 Å². The molecular formula is C90H114Cl3N12O15V3-3. The Balaban J connectivity index is 0.000000191. The predicted octanol–water partition coefficient (Wildman–Crippen LogP) is 15.1. The number of ether oxygens (including phenoxy) is 6. The monoisotopic (exact) mass is 1860 g/mol. The smallest absolute Gasteiger partial charge is 0.408 e. The second kappa shape index (κ2) is 41.4. The molecule has 0 unspecified atom stereocenters. The number of carbonyl (C=O) groups excluding carboxylic acids is 9. The van der Waals surface area contributed by atoms with Crippen LogP contribution in [0.5, 0.6) is 17.6 Å². The van der Waals surface area contributed by atoms with Gasteiger partial charge in [0.05, 0.1) is 52.7 Å². The molecule has 123 heavy (non-hydrogen) atoms. The summed E-state index contributed by atoms with van der Waals surface area (Å²) in [4.78, 5) is 150. The number of aryl methyl sites for hydroxylation is 3. The van der Waals surface area contributed by atoms with Crippen LogP contribution in [0.4, 0.5) is 14.4 Å². The van der Waals surface area contributed by atoms with E-state index in [0.717, 1.165) is 143 Å². The molecule has 15 rings (SSSR count). The van der Waals surface area contributed by atoms with Gasteiger partial charge in [-0.05, 0) is 197 Å². The third-order valence-electron chi connectivity index (χ3n) is 25.6. The average molecular weight is 1860 g/mol. The SMILES string of the molecule is C[C@@H]1[C@@H]2CN(C(=O)[C@H](C(C)(C)C)NC(=O)O[C@@H]3CCC[C@H]3CCCCCc3nc4ccc(Cl)cc4nc3O2)[C@@H]1[C-]=O.C[C@@H]1[C@@H]2CN(C(=O)[C@H](C(C)(C)C)NC(=O)O[C@@H]3C[C@H]3CCCCCc3nc4ccc(Cl)cc4nc3O2)[C@@H]1[C-]=O.C[C@@H]1[C@@H]2CN(C(=O)[C@H](C(C)(C)C)NC(=O)O[C@]3(C)C[C@H]3CCCCCc3nc4ccc(Cl)cc4nc3O2)[C@@H]1[C-]=O.[V].[V].[V]. The van der Waals surface area contributed by atoms with Crippen LogP contribution in [-0.4, -0.2) is 191 Å². The largest absolute Gasteiger partial charge is 0.540 e. The van der Waals surface area contributed by atoms with Gasteiger partial charge in [0.15, 0.2) is 0 Å². The van der Waals surface area contributed by atoms with Crippen molar-refractivity contribution in [2.24, 2.45) is 51.8 Å². The van der Waals surface area contributed by atoms with Crippen LogP contribution in [0.25, 0.3) is 33.1 Å².